The van der Waals surface area contributed by atoms with Crippen LogP contribution in [0.3, 0.4) is 0 Å². The van der Waals surface area contributed by atoms with Crippen LogP contribution < -0.4 is 5.32 Å². The molecule has 0 aliphatic rings. The van der Waals surface area contributed by atoms with E-state index < -0.39 is 11.9 Å². The van der Waals surface area contributed by atoms with Gasteiger partial charge in [0, 0.05) is 23.1 Å². The van der Waals surface area contributed by atoms with Crippen molar-refractivity contribution < 1.29 is 14.7 Å². The lowest BCUT2D eigenvalue weighted by molar-refractivity contribution is -0.131. The summed E-state index contributed by atoms with van der Waals surface area (Å²) in [6.45, 7) is 0. The van der Waals surface area contributed by atoms with Crippen LogP contribution in [0.15, 0.2) is 72.1 Å². The maximum atomic E-state index is 11.6. The smallest absolute Gasteiger partial charge is 0.328 e. The average molecular weight is 350 g/mol. The van der Waals surface area contributed by atoms with Crippen molar-refractivity contribution in [1.29, 1.82) is 0 Å². The number of hydrogen-bond donors (Lipinski definition) is 2. The van der Waals surface area contributed by atoms with E-state index in [-0.39, 0.29) is 0 Å². The van der Waals surface area contributed by atoms with Crippen LogP contribution in [0.25, 0.3) is 22.4 Å². The van der Waals surface area contributed by atoms with Crippen LogP contribution >= 0.6 is 11.3 Å². The van der Waals surface area contributed by atoms with E-state index in [9.17, 15) is 9.59 Å². The van der Waals surface area contributed by atoms with Crippen LogP contribution in [0.5, 0.6) is 0 Å². The standard InChI is InChI=1S/C19H14N2O3S/c22-17(10-11-18(23)24)21-19-20-16(12-25-19)15-8-6-14(7-9-15)13-4-2-1-3-5-13/h1-12H,(H,23,24)(H,20,21,22)/b11-10+. The number of carbonyl (C=O) groups excluding carboxylic acids is 1. The number of carboxylic acid groups (broad SMARTS) is 1. The Labute approximate surface area is 148 Å². The van der Waals surface area contributed by atoms with Crippen molar-refractivity contribution in [3.63, 3.8) is 0 Å². The third kappa shape index (κ3) is 4.39. The van der Waals surface area contributed by atoms with E-state index >= 15 is 0 Å². The first-order valence-electron chi connectivity index (χ1n) is 7.45. The van der Waals surface area contributed by atoms with E-state index in [0.29, 0.717) is 5.13 Å². The van der Waals surface area contributed by atoms with Crippen molar-refractivity contribution in [3.05, 3.63) is 72.1 Å². The predicted octanol–water partition coefficient (Wildman–Crippen LogP) is 4.06. The summed E-state index contributed by atoms with van der Waals surface area (Å²) in [7, 11) is 0. The second-order valence-electron chi connectivity index (χ2n) is 5.14. The first-order valence-corrected chi connectivity index (χ1v) is 8.33. The monoisotopic (exact) mass is 350 g/mol. The SMILES string of the molecule is O=C(O)/C=C/C(=O)Nc1nc(-c2ccc(-c3ccccc3)cc2)cs1. The minimum absolute atomic E-state index is 0.419. The van der Waals surface area contributed by atoms with E-state index in [1.165, 1.54) is 11.3 Å². The number of thiazole rings is 1. The van der Waals surface area contributed by atoms with E-state index in [0.717, 1.165) is 34.5 Å². The first-order chi connectivity index (χ1) is 12.1. The summed E-state index contributed by atoms with van der Waals surface area (Å²) in [5, 5.41) is 13.3. The van der Waals surface area contributed by atoms with Gasteiger partial charge >= 0.3 is 5.97 Å². The molecule has 5 nitrogen and oxygen atoms in total. The minimum Gasteiger partial charge on any atom is -0.478 e. The lowest BCUT2D eigenvalue weighted by atomic mass is 10.0. The van der Waals surface area contributed by atoms with E-state index in [1.807, 2.05) is 47.8 Å². The molecule has 2 N–H and O–H groups in total. The number of nitrogens with zero attached hydrogens (tertiary/aromatic N) is 1. The number of benzene rings is 2. The molecule has 0 aliphatic heterocycles. The van der Waals surface area contributed by atoms with Gasteiger partial charge in [0.2, 0.25) is 5.91 Å². The molecule has 0 atom stereocenters. The van der Waals surface area contributed by atoms with Crippen LogP contribution in [0.4, 0.5) is 5.13 Å². The third-order valence-electron chi connectivity index (χ3n) is 3.40. The molecular formula is C19H14N2O3S. The van der Waals surface area contributed by atoms with Gasteiger partial charge in [-0.2, -0.15) is 0 Å². The Morgan fingerprint density at radius 1 is 0.920 bits per heavy atom. The molecule has 0 bridgehead atoms. The molecule has 3 aromatic rings. The predicted molar refractivity (Wildman–Crippen MR) is 98.4 cm³/mol. The quantitative estimate of drug-likeness (QED) is 0.680. The molecule has 0 fully saturated rings. The summed E-state index contributed by atoms with van der Waals surface area (Å²) < 4.78 is 0. The van der Waals surface area contributed by atoms with Crippen molar-refractivity contribution in [3.8, 4) is 22.4 Å². The Kier molecular flexibility index (Phi) is 5.01. The number of amides is 1. The van der Waals surface area contributed by atoms with Gasteiger partial charge in [0.25, 0.3) is 0 Å². The van der Waals surface area contributed by atoms with Crippen molar-refractivity contribution in [2.24, 2.45) is 0 Å². The Balaban J connectivity index is 1.72. The maximum absolute atomic E-state index is 11.6. The molecule has 6 heteroatoms. The Bertz CT molecular complexity index is 915. The normalized spacial score (nSPS) is 10.7. The van der Waals surface area contributed by atoms with Crippen molar-refractivity contribution >= 4 is 28.3 Å². The van der Waals surface area contributed by atoms with Gasteiger partial charge in [0.15, 0.2) is 5.13 Å². The number of aliphatic carboxylic acids is 1. The molecule has 1 amide bonds. The average Bonchev–Trinajstić information content (AvgIpc) is 3.09. The Morgan fingerprint density at radius 2 is 1.56 bits per heavy atom. The second-order valence-corrected chi connectivity index (χ2v) is 6.00. The summed E-state index contributed by atoms with van der Waals surface area (Å²) in [6.07, 6.45) is 1.74. The molecule has 3 rings (SSSR count). The van der Waals surface area contributed by atoms with Crippen LogP contribution in [-0.2, 0) is 9.59 Å². The molecule has 0 spiro atoms. The highest BCUT2D eigenvalue weighted by atomic mass is 32.1. The third-order valence-corrected chi connectivity index (χ3v) is 4.16. The van der Waals surface area contributed by atoms with E-state index in [4.69, 9.17) is 5.11 Å². The Hall–Kier alpha value is -3.25. The van der Waals surface area contributed by atoms with Crippen LogP contribution in [0, 0.1) is 0 Å². The molecule has 0 saturated heterocycles. The summed E-state index contributed by atoms with van der Waals surface area (Å²) in [5.74, 6) is -1.70. The summed E-state index contributed by atoms with van der Waals surface area (Å²) in [6, 6.07) is 18.1. The van der Waals surface area contributed by atoms with Gasteiger partial charge in [0.1, 0.15) is 0 Å². The van der Waals surface area contributed by atoms with E-state index in [2.05, 4.69) is 22.4 Å². The number of carboxylic acids is 1. The summed E-state index contributed by atoms with van der Waals surface area (Å²) >= 11 is 1.28. The summed E-state index contributed by atoms with van der Waals surface area (Å²) in [4.78, 5) is 26.3. The van der Waals surface area contributed by atoms with Crippen LogP contribution in [0.2, 0.25) is 0 Å². The van der Waals surface area contributed by atoms with Gasteiger partial charge in [-0.25, -0.2) is 9.78 Å². The topological polar surface area (TPSA) is 79.3 Å². The molecule has 0 unspecified atom stereocenters. The van der Waals surface area contributed by atoms with Crippen molar-refractivity contribution in [2.75, 3.05) is 5.32 Å². The number of anilines is 1. The molecule has 1 aromatic heterocycles. The van der Waals surface area contributed by atoms with Gasteiger partial charge in [-0.05, 0) is 11.1 Å². The molecule has 2 aromatic carbocycles. The van der Waals surface area contributed by atoms with Crippen LogP contribution in [-0.4, -0.2) is 22.0 Å². The highest BCUT2D eigenvalue weighted by Crippen LogP contribution is 2.27. The van der Waals surface area contributed by atoms with E-state index in [1.54, 1.807) is 0 Å². The molecule has 124 valence electrons. The van der Waals surface area contributed by atoms with Crippen LogP contribution in [0.1, 0.15) is 0 Å². The fourth-order valence-corrected chi connectivity index (χ4v) is 2.94. The van der Waals surface area contributed by atoms with Gasteiger partial charge in [-0.15, -0.1) is 11.3 Å². The van der Waals surface area contributed by atoms with Gasteiger partial charge in [-0.1, -0.05) is 54.6 Å². The van der Waals surface area contributed by atoms with Gasteiger partial charge in [0.05, 0.1) is 5.69 Å². The molecule has 25 heavy (non-hydrogen) atoms. The molecule has 0 saturated carbocycles. The molecule has 1 heterocycles. The zero-order valence-corrected chi connectivity index (χ0v) is 13.9. The zero-order chi connectivity index (χ0) is 17.6. The number of hydrogen-bond acceptors (Lipinski definition) is 4. The van der Waals surface area contributed by atoms with Crippen molar-refractivity contribution in [2.45, 2.75) is 0 Å². The lowest BCUT2D eigenvalue weighted by Crippen LogP contribution is -2.08. The Morgan fingerprint density at radius 3 is 2.24 bits per heavy atom. The first kappa shape index (κ1) is 16.6. The van der Waals surface area contributed by atoms with Crippen molar-refractivity contribution in [1.82, 2.24) is 4.98 Å². The highest BCUT2D eigenvalue weighted by Gasteiger charge is 2.07. The highest BCUT2D eigenvalue weighted by molar-refractivity contribution is 7.14. The fourth-order valence-electron chi connectivity index (χ4n) is 2.22. The summed E-state index contributed by atoms with van der Waals surface area (Å²) in [5.41, 5.74) is 3.96. The lowest BCUT2D eigenvalue weighted by Gasteiger charge is -2.02. The largest absolute Gasteiger partial charge is 0.478 e. The number of carbonyl (C=O) groups is 2. The number of rotatable bonds is 5. The molecule has 0 aliphatic carbocycles. The molecular weight excluding hydrogens is 336 g/mol. The minimum atomic E-state index is -1.17. The maximum Gasteiger partial charge on any atom is 0.328 e. The number of aromatic nitrogens is 1. The molecule has 0 radical (unpaired) electrons. The number of nitrogens with one attached hydrogen (secondary N) is 1. The zero-order valence-electron chi connectivity index (χ0n) is 13.0. The second kappa shape index (κ2) is 7.55. The fraction of sp³-hybridized carbons (Fsp3) is 0. The van der Waals surface area contributed by atoms with Gasteiger partial charge in [-0.3, -0.25) is 10.1 Å². The van der Waals surface area contributed by atoms with Gasteiger partial charge < -0.3 is 5.11 Å².